The van der Waals surface area contributed by atoms with Crippen LogP contribution in [0, 0.1) is 13.8 Å². The Bertz CT molecular complexity index is 606. The van der Waals surface area contributed by atoms with Crippen molar-refractivity contribution in [1.82, 2.24) is 10.3 Å². The molecule has 1 saturated heterocycles. The predicted octanol–water partition coefficient (Wildman–Crippen LogP) is 3.46. The van der Waals surface area contributed by atoms with E-state index in [-0.39, 0.29) is 0 Å². The Balaban J connectivity index is 1.59. The van der Waals surface area contributed by atoms with Crippen LogP contribution < -0.4 is 10.2 Å². The normalized spacial score (nSPS) is 18.5. The van der Waals surface area contributed by atoms with Gasteiger partial charge in [0.05, 0.1) is 5.69 Å². The van der Waals surface area contributed by atoms with Crippen LogP contribution in [0.4, 0.5) is 5.69 Å². The Morgan fingerprint density at radius 3 is 2.77 bits per heavy atom. The summed E-state index contributed by atoms with van der Waals surface area (Å²) in [4.78, 5) is 6.97. The number of nitrogens with zero attached hydrogens (tertiary/aromatic N) is 2. The molecule has 1 aliphatic rings. The van der Waals surface area contributed by atoms with Crippen LogP contribution in [0.15, 0.2) is 42.6 Å². The van der Waals surface area contributed by atoms with Gasteiger partial charge in [-0.25, -0.2) is 0 Å². The van der Waals surface area contributed by atoms with E-state index in [1.807, 2.05) is 12.3 Å². The van der Waals surface area contributed by atoms with Crippen molar-refractivity contribution in [1.29, 1.82) is 0 Å². The number of benzene rings is 1. The lowest BCUT2D eigenvalue weighted by Crippen LogP contribution is -2.45. The van der Waals surface area contributed by atoms with E-state index in [9.17, 15) is 0 Å². The molecule has 1 aliphatic heterocycles. The molecule has 1 fully saturated rings. The summed E-state index contributed by atoms with van der Waals surface area (Å²) in [6, 6.07) is 13.5. The third-order valence-electron chi connectivity index (χ3n) is 4.50. The van der Waals surface area contributed by atoms with Gasteiger partial charge in [0.15, 0.2) is 0 Å². The lowest BCUT2D eigenvalue weighted by Gasteiger charge is -2.35. The quantitative estimate of drug-likeness (QED) is 0.936. The number of aromatic nitrogens is 1. The average molecular weight is 295 g/mol. The smallest absolute Gasteiger partial charge is 0.0570 e. The minimum absolute atomic E-state index is 0.538. The molecule has 1 N–H and O–H groups in total. The van der Waals surface area contributed by atoms with Crippen LogP contribution in [-0.2, 0) is 6.54 Å². The summed E-state index contributed by atoms with van der Waals surface area (Å²) in [5, 5.41) is 3.69. The van der Waals surface area contributed by atoms with Gasteiger partial charge >= 0.3 is 0 Å². The maximum absolute atomic E-state index is 4.47. The fourth-order valence-corrected chi connectivity index (χ4v) is 3.08. The SMILES string of the molecule is Cc1ccc(N2CCCC(NCc3ncccc3C)C2)cc1. The number of hydrogen-bond acceptors (Lipinski definition) is 3. The number of anilines is 1. The molecule has 0 spiro atoms. The molecule has 3 nitrogen and oxygen atoms in total. The van der Waals surface area contributed by atoms with Gasteiger partial charge < -0.3 is 10.2 Å². The van der Waals surface area contributed by atoms with Gasteiger partial charge in [0, 0.05) is 37.6 Å². The molecule has 3 heteroatoms. The largest absolute Gasteiger partial charge is 0.370 e. The topological polar surface area (TPSA) is 28.2 Å². The second-order valence-corrected chi connectivity index (χ2v) is 6.27. The van der Waals surface area contributed by atoms with Gasteiger partial charge in [-0.1, -0.05) is 23.8 Å². The first-order chi connectivity index (χ1) is 10.7. The van der Waals surface area contributed by atoms with E-state index in [1.165, 1.54) is 29.7 Å². The Hall–Kier alpha value is -1.87. The van der Waals surface area contributed by atoms with E-state index < -0.39 is 0 Å². The first kappa shape index (κ1) is 15.0. The second-order valence-electron chi connectivity index (χ2n) is 6.27. The van der Waals surface area contributed by atoms with Gasteiger partial charge in [0.2, 0.25) is 0 Å². The molecular weight excluding hydrogens is 270 g/mol. The fraction of sp³-hybridized carbons (Fsp3) is 0.421. The first-order valence-electron chi connectivity index (χ1n) is 8.18. The summed E-state index contributed by atoms with van der Waals surface area (Å²) in [6.45, 7) is 7.36. The van der Waals surface area contributed by atoms with Crippen LogP contribution in [0.2, 0.25) is 0 Å². The zero-order valence-corrected chi connectivity index (χ0v) is 13.5. The minimum atomic E-state index is 0.538. The van der Waals surface area contributed by atoms with E-state index in [0.29, 0.717) is 6.04 Å². The summed E-state index contributed by atoms with van der Waals surface area (Å²) < 4.78 is 0. The van der Waals surface area contributed by atoms with Crippen molar-refractivity contribution in [2.45, 2.75) is 39.3 Å². The van der Waals surface area contributed by atoms with Crippen molar-refractivity contribution in [2.24, 2.45) is 0 Å². The molecule has 116 valence electrons. The highest BCUT2D eigenvalue weighted by Crippen LogP contribution is 2.20. The molecule has 0 radical (unpaired) electrons. The molecule has 0 bridgehead atoms. The third-order valence-corrected chi connectivity index (χ3v) is 4.50. The molecule has 1 atom stereocenters. The first-order valence-corrected chi connectivity index (χ1v) is 8.18. The number of piperidine rings is 1. The molecule has 2 aromatic rings. The Kier molecular flexibility index (Phi) is 4.74. The van der Waals surface area contributed by atoms with Crippen LogP contribution in [0.25, 0.3) is 0 Å². The van der Waals surface area contributed by atoms with Crippen LogP contribution in [0.1, 0.15) is 29.7 Å². The molecule has 0 aliphatic carbocycles. The third kappa shape index (κ3) is 3.66. The number of aryl methyl sites for hydroxylation is 2. The Morgan fingerprint density at radius 1 is 1.18 bits per heavy atom. The molecule has 3 rings (SSSR count). The van der Waals surface area contributed by atoms with E-state index in [2.05, 4.69) is 59.4 Å². The van der Waals surface area contributed by atoms with E-state index >= 15 is 0 Å². The van der Waals surface area contributed by atoms with Gasteiger partial charge in [-0.15, -0.1) is 0 Å². The molecule has 1 aromatic carbocycles. The van der Waals surface area contributed by atoms with Crippen molar-refractivity contribution in [3.63, 3.8) is 0 Å². The maximum atomic E-state index is 4.47. The van der Waals surface area contributed by atoms with E-state index in [0.717, 1.165) is 25.3 Å². The summed E-state index contributed by atoms with van der Waals surface area (Å²) >= 11 is 0. The number of pyridine rings is 1. The summed E-state index contributed by atoms with van der Waals surface area (Å²) in [6.07, 6.45) is 4.37. The molecule has 22 heavy (non-hydrogen) atoms. The zero-order valence-electron chi connectivity index (χ0n) is 13.5. The monoisotopic (exact) mass is 295 g/mol. The average Bonchev–Trinajstić information content (AvgIpc) is 2.55. The van der Waals surface area contributed by atoms with Crippen molar-refractivity contribution in [2.75, 3.05) is 18.0 Å². The fourth-order valence-electron chi connectivity index (χ4n) is 3.08. The molecule has 1 aromatic heterocycles. The van der Waals surface area contributed by atoms with Gasteiger partial charge in [-0.3, -0.25) is 4.98 Å². The van der Waals surface area contributed by atoms with Crippen molar-refractivity contribution >= 4 is 5.69 Å². The van der Waals surface area contributed by atoms with Gasteiger partial charge in [-0.05, 0) is 50.5 Å². The molecule has 1 unspecified atom stereocenters. The second kappa shape index (κ2) is 6.93. The van der Waals surface area contributed by atoms with Crippen LogP contribution >= 0.6 is 0 Å². The van der Waals surface area contributed by atoms with Crippen molar-refractivity contribution < 1.29 is 0 Å². The lowest BCUT2D eigenvalue weighted by atomic mass is 10.0. The highest BCUT2D eigenvalue weighted by atomic mass is 15.2. The van der Waals surface area contributed by atoms with Crippen LogP contribution in [-0.4, -0.2) is 24.1 Å². The zero-order chi connectivity index (χ0) is 15.4. The Labute approximate surface area is 133 Å². The summed E-state index contributed by atoms with van der Waals surface area (Å²) in [5.41, 5.74) is 5.09. The predicted molar refractivity (Wildman–Crippen MR) is 92.2 cm³/mol. The highest BCUT2D eigenvalue weighted by molar-refractivity contribution is 5.48. The summed E-state index contributed by atoms with van der Waals surface area (Å²) in [5.74, 6) is 0. The van der Waals surface area contributed by atoms with Crippen molar-refractivity contribution in [3.05, 3.63) is 59.4 Å². The van der Waals surface area contributed by atoms with E-state index in [4.69, 9.17) is 0 Å². The van der Waals surface area contributed by atoms with Gasteiger partial charge in [0.1, 0.15) is 0 Å². The number of hydrogen-bond donors (Lipinski definition) is 1. The lowest BCUT2D eigenvalue weighted by molar-refractivity contribution is 0.419. The van der Waals surface area contributed by atoms with Gasteiger partial charge in [-0.2, -0.15) is 0 Å². The number of rotatable bonds is 4. The Morgan fingerprint density at radius 2 is 2.00 bits per heavy atom. The summed E-state index contributed by atoms with van der Waals surface area (Å²) in [7, 11) is 0. The molecule has 0 amide bonds. The number of nitrogens with one attached hydrogen (secondary N) is 1. The molecular formula is C19H25N3. The standard InChI is InChI=1S/C19H25N3/c1-15-7-9-18(10-8-15)22-12-4-6-17(14-22)21-13-19-16(2)5-3-11-20-19/h3,5,7-11,17,21H,4,6,12-14H2,1-2H3. The van der Waals surface area contributed by atoms with Crippen LogP contribution in [0.3, 0.4) is 0 Å². The van der Waals surface area contributed by atoms with E-state index in [1.54, 1.807) is 0 Å². The van der Waals surface area contributed by atoms with Gasteiger partial charge in [0.25, 0.3) is 0 Å². The highest BCUT2D eigenvalue weighted by Gasteiger charge is 2.19. The van der Waals surface area contributed by atoms with Crippen LogP contribution in [0.5, 0.6) is 0 Å². The maximum Gasteiger partial charge on any atom is 0.0570 e. The minimum Gasteiger partial charge on any atom is -0.370 e. The molecule has 2 heterocycles. The molecule has 0 saturated carbocycles. The van der Waals surface area contributed by atoms with Crippen molar-refractivity contribution in [3.8, 4) is 0 Å².